The Morgan fingerprint density at radius 3 is 1.68 bits per heavy atom. The Balaban J connectivity index is 0.00000396. The minimum atomic E-state index is 0. The summed E-state index contributed by atoms with van der Waals surface area (Å²) in [4.78, 5) is 10.3. The summed E-state index contributed by atoms with van der Waals surface area (Å²) in [6.45, 7) is 0. The molecule has 0 aliphatic heterocycles. The van der Waals surface area contributed by atoms with Crippen LogP contribution in [0.4, 0.5) is 5.69 Å². The fourth-order valence-corrected chi connectivity index (χ4v) is 8.26. The molecule has 0 bridgehead atoms. The van der Waals surface area contributed by atoms with Gasteiger partial charge in [-0.15, -0.1) is 52.1 Å². The number of rotatable bonds is 5. The smallest absolute Gasteiger partial charge is 0.371 e. The third-order valence-corrected chi connectivity index (χ3v) is 11.1. The van der Waals surface area contributed by atoms with E-state index in [1.54, 1.807) is 0 Å². The Morgan fingerprint density at radius 1 is 0.404 bits per heavy atom. The Morgan fingerprint density at radius 2 is 0.947 bits per heavy atom. The molecular weight excluding hydrogens is 915 g/mol. The molecular formula is C54H32N2U. The summed E-state index contributed by atoms with van der Waals surface area (Å²) in [6.07, 6.45) is 3.34. The zero-order valence-corrected chi connectivity index (χ0v) is 35.0. The van der Waals surface area contributed by atoms with Gasteiger partial charge in [-0.2, -0.15) is 11.5 Å². The predicted octanol–water partition coefficient (Wildman–Crippen LogP) is 14.4. The number of hydrogen-bond donors (Lipinski definition) is 0. The van der Waals surface area contributed by atoms with Gasteiger partial charge in [-0.25, -0.2) is 4.98 Å². The third-order valence-electron chi connectivity index (χ3n) is 11.1. The number of nitrogens with zero attached hydrogens (tertiary/aromatic N) is 2. The molecule has 0 saturated heterocycles. The van der Waals surface area contributed by atoms with Crippen molar-refractivity contribution in [3.8, 4) is 33.5 Å². The van der Waals surface area contributed by atoms with Crippen molar-refractivity contribution in [1.82, 2.24) is 4.98 Å². The zero-order chi connectivity index (χ0) is 37.0. The van der Waals surface area contributed by atoms with Gasteiger partial charge in [-0.1, -0.05) is 145 Å². The van der Waals surface area contributed by atoms with Gasteiger partial charge in [-0.3, -0.25) is 0 Å². The summed E-state index contributed by atoms with van der Waals surface area (Å²) >= 11 is 0. The summed E-state index contributed by atoms with van der Waals surface area (Å²) in [7, 11) is 0. The van der Waals surface area contributed by atoms with Crippen molar-refractivity contribution < 1.29 is 31.1 Å². The van der Waals surface area contributed by atoms with E-state index >= 15 is 0 Å². The first kappa shape index (κ1) is 35.1. The quantitative estimate of drug-likeness (QED) is 0.0959. The molecule has 0 spiro atoms. The standard InChI is InChI=1S/C54H32N2.U/c1-3-13-39-29-42(27-25-36(39)11-1)49-32-51-50(33-52(56-54(51)48-20-10-8-18-46(48)49)43-28-26-37-12-2-4-14-40(37)30-43)38-23-21-35(22-24-38)34-55-53-31-41-15-5-6-16-44(41)45-17-7-9-19-47(45)53;/h1-30,32-33H;/q-2;+2. The maximum atomic E-state index is 5.45. The van der Waals surface area contributed by atoms with Crippen molar-refractivity contribution in [2.45, 2.75) is 0 Å². The van der Waals surface area contributed by atoms with Crippen LogP contribution in [0.15, 0.2) is 199 Å². The predicted molar refractivity (Wildman–Crippen MR) is 237 cm³/mol. The van der Waals surface area contributed by atoms with Gasteiger partial charge < -0.3 is 4.99 Å². The molecule has 0 aliphatic rings. The first-order valence-corrected chi connectivity index (χ1v) is 19.0. The van der Waals surface area contributed by atoms with Crippen LogP contribution in [-0.2, 0) is 0 Å². The van der Waals surface area contributed by atoms with Gasteiger partial charge in [-0.05, 0) is 79.7 Å². The van der Waals surface area contributed by atoms with Crippen molar-refractivity contribution in [2.75, 3.05) is 0 Å². The molecule has 262 valence electrons. The van der Waals surface area contributed by atoms with E-state index in [-0.39, 0.29) is 31.1 Å². The number of fused-ring (bicyclic) bond motifs is 8. The van der Waals surface area contributed by atoms with Gasteiger partial charge >= 0.3 is 31.1 Å². The van der Waals surface area contributed by atoms with E-state index in [4.69, 9.17) is 9.98 Å². The van der Waals surface area contributed by atoms with E-state index in [0.717, 1.165) is 60.7 Å². The van der Waals surface area contributed by atoms with Crippen molar-refractivity contribution in [3.63, 3.8) is 0 Å². The van der Waals surface area contributed by atoms with Gasteiger partial charge in [0.05, 0.1) is 11.2 Å². The molecule has 11 rings (SSSR count). The van der Waals surface area contributed by atoms with Crippen LogP contribution in [0.3, 0.4) is 0 Å². The van der Waals surface area contributed by atoms with E-state index in [9.17, 15) is 0 Å². The molecule has 10 aromatic carbocycles. The topological polar surface area (TPSA) is 25.2 Å². The second kappa shape index (κ2) is 14.6. The first-order chi connectivity index (χ1) is 27.7. The molecule has 57 heavy (non-hydrogen) atoms. The number of benzene rings is 10. The number of aromatic nitrogens is 1. The van der Waals surface area contributed by atoms with Crippen LogP contribution in [0, 0.1) is 37.2 Å². The van der Waals surface area contributed by atoms with Gasteiger partial charge in [0.15, 0.2) is 0 Å². The van der Waals surface area contributed by atoms with Crippen LogP contribution >= 0.6 is 0 Å². The molecule has 0 amide bonds. The summed E-state index contributed by atoms with van der Waals surface area (Å²) in [5.74, 6) is 0. The van der Waals surface area contributed by atoms with Crippen LogP contribution in [-0.4, -0.2) is 11.2 Å². The zero-order valence-electron chi connectivity index (χ0n) is 30.9. The average Bonchev–Trinajstić information content (AvgIpc) is 3.27. The maximum Gasteiger partial charge on any atom is 2.00 e. The van der Waals surface area contributed by atoms with E-state index in [1.165, 1.54) is 48.8 Å². The van der Waals surface area contributed by atoms with E-state index in [0.29, 0.717) is 0 Å². The van der Waals surface area contributed by atoms with Crippen LogP contribution in [0.1, 0.15) is 5.56 Å². The molecule has 0 unspecified atom stereocenters. The van der Waals surface area contributed by atoms with Crippen LogP contribution in [0.25, 0.3) is 98.3 Å². The SMILES string of the molecule is [C-](=Nc1[c-]c2ccccc2c2ccccc12)c1ccc(-c2cc(-c3ccc4ccccc4c3)nc3c2cc(-c2ccc4ccccc4c2)c2ccccc23)cc1.[U+2]. The Labute approximate surface area is 354 Å². The van der Waals surface area contributed by atoms with Gasteiger partial charge in [0.2, 0.25) is 0 Å². The fourth-order valence-electron chi connectivity index (χ4n) is 8.26. The summed E-state index contributed by atoms with van der Waals surface area (Å²) in [6, 6.07) is 72.6. The molecule has 0 aliphatic carbocycles. The second-order valence-electron chi connectivity index (χ2n) is 14.4. The van der Waals surface area contributed by atoms with Crippen LogP contribution in [0.2, 0.25) is 0 Å². The van der Waals surface area contributed by atoms with Gasteiger partial charge in [0, 0.05) is 16.3 Å². The molecule has 0 fully saturated rings. The second-order valence-corrected chi connectivity index (χ2v) is 14.4. The molecule has 3 heteroatoms. The number of pyridine rings is 1. The molecule has 11 aromatic rings. The Hall–Kier alpha value is -6.37. The molecule has 0 N–H and O–H groups in total. The molecule has 0 atom stereocenters. The van der Waals surface area contributed by atoms with E-state index in [1.807, 2.05) is 6.07 Å². The van der Waals surface area contributed by atoms with E-state index < -0.39 is 0 Å². The van der Waals surface area contributed by atoms with E-state index in [2.05, 4.69) is 200 Å². The monoisotopic (exact) mass is 946 g/mol. The van der Waals surface area contributed by atoms with Crippen molar-refractivity contribution in [3.05, 3.63) is 206 Å². The minimum Gasteiger partial charge on any atom is -0.371 e. The fraction of sp³-hybridized carbons (Fsp3) is 0. The number of aliphatic imine (C=N–C) groups is 1. The third kappa shape index (κ3) is 6.31. The van der Waals surface area contributed by atoms with Gasteiger partial charge in [0.1, 0.15) is 0 Å². The minimum absolute atomic E-state index is 0. The largest absolute Gasteiger partial charge is 2.00 e. The normalized spacial score (nSPS) is 11.6. The summed E-state index contributed by atoms with van der Waals surface area (Å²) in [5.41, 5.74) is 9.31. The number of hydrogen-bond acceptors (Lipinski definition) is 2. The van der Waals surface area contributed by atoms with Crippen molar-refractivity contribution in [2.24, 2.45) is 4.99 Å². The summed E-state index contributed by atoms with van der Waals surface area (Å²) < 4.78 is 0. The molecule has 1 aromatic heterocycles. The Kier molecular flexibility index (Phi) is 8.99. The molecule has 0 saturated carbocycles. The van der Waals surface area contributed by atoms with Crippen LogP contribution in [0.5, 0.6) is 0 Å². The first-order valence-electron chi connectivity index (χ1n) is 19.0. The molecule has 0 radical (unpaired) electrons. The molecule has 1 heterocycles. The Bertz CT molecular complexity index is 3360. The molecule has 2 nitrogen and oxygen atoms in total. The van der Waals surface area contributed by atoms with Crippen molar-refractivity contribution in [1.29, 1.82) is 0 Å². The van der Waals surface area contributed by atoms with Crippen molar-refractivity contribution >= 4 is 76.7 Å². The average molecular weight is 947 g/mol. The van der Waals surface area contributed by atoms with Gasteiger partial charge in [0.25, 0.3) is 0 Å². The van der Waals surface area contributed by atoms with Crippen LogP contribution < -0.4 is 0 Å². The maximum absolute atomic E-state index is 5.45. The summed E-state index contributed by atoms with van der Waals surface area (Å²) in [5, 5.41) is 12.7.